The highest BCUT2D eigenvalue weighted by Crippen LogP contribution is 2.68. The smallest absolute Gasteiger partial charge is 0.122 e. The van der Waals surface area contributed by atoms with Gasteiger partial charge in [0.25, 0.3) is 0 Å². The second-order valence-electron chi connectivity index (χ2n) is 6.65. The lowest BCUT2D eigenvalue weighted by Crippen LogP contribution is -2.32. The van der Waals surface area contributed by atoms with Crippen LogP contribution in [0.5, 0.6) is 0 Å². The lowest BCUT2D eigenvalue weighted by Gasteiger charge is -2.28. The molecule has 2 aromatic heterocycles. The Hall–Kier alpha value is -2.18. The molecule has 1 aromatic carbocycles. The van der Waals surface area contributed by atoms with Gasteiger partial charge in [0, 0.05) is 35.2 Å². The monoisotopic (exact) mass is 360 g/mol. The summed E-state index contributed by atoms with van der Waals surface area (Å²) in [5, 5.41) is 3.08. The molecule has 25 heavy (non-hydrogen) atoms. The number of hydrogen-bond donors (Lipinski definition) is 0. The van der Waals surface area contributed by atoms with E-state index in [4.69, 9.17) is 0 Å². The Kier molecular flexibility index (Phi) is 2.26. The van der Waals surface area contributed by atoms with Crippen molar-refractivity contribution in [3.8, 4) is 0 Å². The van der Waals surface area contributed by atoms with Gasteiger partial charge in [0.15, 0.2) is 0 Å². The zero-order valence-electron chi connectivity index (χ0n) is 13.0. The van der Waals surface area contributed by atoms with E-state index in [1.54, 1.807) is 0 Å². The van der Waals surface area contributed by atoms with Gasteiger partial charge >= 0.3 is 0 Å². The second kappa shape index (κ2) is 4.31. The van der Waals surface area contributed by atoms with Crippen LogP contribution in [0, 0.1) is 0 Å². The minimum atomic E-state index is 0.387. The SMILES string of the molecule is c1cnc2c(c1)N1c3cccc4c3C(C1S2)C1Sc2ncccc2N41. The van der Waals surface area contributed by atoms with Crippen LogP contribution >= 0.6 is 23.5 Å². The number of pyridine rings is 2. The molecule has 0 spiro atoms. The molecule has 3 aromatic rings. The van der Waals surface area contributed by atoms with Crippen molar-refractivity contribution in [3.05, 3.63) is 60.4 Å². The first-order valence-corrected chi connectivity index (χ1v) is 10.1. The molecule has 2 unspecified atom stereocenters. The highest BCUT2D eigenvalue weighted by molar-refractivity contribution is 8.01. The van der Waals surface area contributed by atoms with Crippen LogP contribution in [0.15, 0.2) is 64.9 Å². The lowest BCUT2D eigenvalue weighted by molar-refractivity contribution is 0.702. The highest BCUT2D eigenvalue weighted by atomic mass is 32.2. The quantitative estimate of drug-likeness (QED) is 0.576. The van der Waals surface area contributed by atoms with Crippen molar-refractivity contribution >= 4 is 46.3 Å². The number of nitrogens with zero attached hydrogens (tertiary/aromatic N) is 4. The maximum absolute atomic E-state index is 4.61. The fourth-order valence-corrected chi connectivity index (χ4v) is 7.55. The number of thioether (sulfide) groups is 2. The van der Waals surface area contributed by atoms with Crippen LogP contribution in [0.25, 0.3) is 0 Å². The molecule has 0 amide bonds. The first-order valence-electron chi connectivity index (χ1n) is 8.36. The van der Waals surface area contributed by atoms with E-state index in [0.717, 1.165) is 10.1 Å². The largest absolute Gasteiger partial charge is 0.325 e. The number of fused-ring (bicyclic) bond motifs is 10. The molecular weight excluding hydrogens is 348 g/mol. The Morgan fingerprint density at radius 3 is 1.76 bits per heavy atom. The fourth-order valence-electron chi connectivity index (χ4n) is 4.65. The topological polar surface area (TPSA) is 32.3 Å². The van der Waals surface area contributed by atoms with Gasteiger partial charge in [0.05, 0.1) is 22.1 Å². The van der Waals surface area contributed by atoms with Gasteiger partial charge in [0.1, 0.15) is 10.1 Å². The Labute approximate surface area is 153 Å². The lowest BCUT2D eigenvalue weighted by atomic mass is 10.0. The van der Waals surface area contributed by atoms with Gasteiger partial charge < -0.3 is 9.80 Å². The number of anilines is 4. The highest BCUT2D eigenvalue weighted by Gasteiger charge is 2.57. The molecule has 4 aliphatic rings. The third kappa shape index (κ3) is 1.42. The molecule has 0 aliphatic carbocycles. The number of hydrogen-bond acceptors (Lipinski definition) is 6. The van der Waals surface area contributed by atoms with Crippen molar-refractivity contribution in [2.45, 2.75) is 26.7 Å². The molecule has 4 aliphatic heterocycles. The average Bonchev–Trinajstić information content (AvgIpc) is 3.35. The van der Waals surface area contributed by atoms with Crippen molar-refractivity contribution < 1.29 is 0 Å². The van der Waals surface area contributed by atoms with Crippen molar-refractivity contribution in [2.75, 3.05) is 9.80 Å². The molecule has 2 atom stereocenters. The second-order valence-corrected chi connectivity index (χ2v) is 8.86. The first kappa shape index (κ1) is 13.1. The summed E-state index contributed by atoms with van der Waals surface area (Å²) in [5.74, 6) is 0.463. The summed E-state index contributed by atoms with van der Waals surface area (Å²) in [6.07, 6.45) is 3.80. The van der Waals surface area contributed by atoms with E-state index in [0.29, 0.717) is 16.7 Å². The zero-order valence-corrected chi connectivity index (χ0v) is 14.7. The Morgan fingerprint density at radius 1 is 0.680 bits per heavy atom. The summed E-state index contributed by atoms with van der Waals surface area (Å²) >= 11 is 3.82. The third-order valence-electron chi connectivity index (χ3n) is 5.52. The maximum Gasteiger partial charge on any atom is 0.122 e. The first-order chi connectivity index (χ1) is 12.4. The normalized spacial score (nSPS) is 26.3. The summed E-state index contributed by atoms with van der Waals surface area (Å²) in [6, 6.07) is 15.2. The van der Waals surface area contributed by atoms with Gasteiger partial charge in [-0.2, -0.15) is 0 Å². The molecule has 7 rings (SSSR count). The molecular formula is C19H12N4S2. The van der Waals surface area contributed by atoms with Crippen LogP contribution < -0.4 is 9.80 Å². The molecule has 0 radical (unpaired) electrons. The molecule has 0 saturated carbocycles. The minimum Gasteiger partial charge on any atom is -0.325 e. The molecule has 0 fully saturated rings. The van der Waals surface area contributed by atoms with Gasteiger partial charge in [-0.1, -0.05) is 29.6 Å². The zero-order chi connectivity index (χ0) is 16.1. The van der Waals surface area contributed by atoms with Crippen molar-refractivity contribution in [3.63, 3.8) is 0 Å². The third-order valence-corrected chi connectivity index (χ3v) is 8.09. The van der Waals surface area contributed by atoms with Crippen LogP contribution in [0.3, 0.4) is 0 Å². The number of benzene rings is 1. The molecule has 6 heteroatoms. The van der Waals surface area contributed by atoms with Crippen molar-refractivity contribution in [2.24, 2.45) is 0 Å². The van der Waals surface area contributed by atoms with E-state index in [2.05, 4.69) is 50.1 Å². The van der Waals surface area contributed by atoms with Crippen molar-refractivity contribution in [1.29, 1.82) is 0 Å². The van der Waals surface area contributed by atoms with Crippen molar-refractivity contribution in [1.82, 2.24) is 9.97 Å². The fraction of sp³-hybridized carbons (Fsp3) is 0.158. The maximum atomic E-state index is 4.61. The molecule has 4 nitrogen and oxygen atoms in total. The molecule has 6 heterocycles. The summed E-state index contributed by atoms with van der Waals surface area (Å²) < 4.78 is 0. The Balaban J connectivity index is 1.48. The van der Waals surface area contributed by atoms with Gasteiger partial charge in [-0.3, -0.25) is 0 Å². The van der Waals surface area contributed by atoms with Crippen LogP contribution in [0.1, 0.15) is 11.5 Å². The van der Waals surface area contributed by atoms with Gasteiger partial charge in [-0.05, 0) is 36.4 Å². The standard InChI is InChI=1S/C19H12N4S2/c1-4-10-14-11(5-1)23-13-7-3-9-21-17(13)25-19(23)15(14)18-22(10)12-6-2-8-20-16(12)24-18/h1-9,15,18-19H. The molecule has 120 valence electrons. The van der Waals surface area contributed by atoms with Crippen LogP contribution in [-0.2, 0) is 0 Å². The van der Waals surface area contributed by atoms with Crippen LogP contribution in [0.4, 0.5) is 22.7 Å². The van der Waals surface area contributed by atoms with Gasteiger partial charge in [-0.25, -0.2) is 9.97 Å². The summed E-state index contributed by atoms with van der Waals surface area (Å²) in [4.78, 5) is 14.2. The van der Waals surface area contributed by atoms with E-state index in [9.17, 15) is 0 Å². The summed E-state index contributed by atoms with van der Waals surface area (Å²) in [7, 11) is 0. The van der Waals surface area contributed by atoms with E-state index in [1.165, 1.54) is 28.3 Å². The molecule has 0 saturated heterocycles. The Morgan fingerprint density at radius 2 is 1.20 bits per heavy atom. The van der Waals surface area contributed by atoms with Gasteiger partial charge in [-0.15, -0.1) is 0 Å². The predicted molar refractivity (Wildman–Crippen MR) is 101 cm³/mol. The molecule has 0 bridgehead atoms. The van der Waals surface area contributed by atoms with E-state index in [-0.39, 0.29) is 0 Å². The minimum absolute atomic E-state index is 0.387. The average molecular weight is 360 g/mol. The van der Waals surface area contributed by atoms with Crippen LogP contribution in [0.2, 0.25) is 0 Å². The number of rotatable bonds is 0. The Bertz CT molecular complexity index is 989. The summed E-state index contributed by atoms with van der Waals surface area (Å²) in [6.45, 7) is 0. The summed E-state index contributed by atoms with van der Waals surface area (Å²) in [5.41, 5.74) is 6.72. The van der Waals surface area contributed by atoms with Gasteiger partial charge in [0.2, 0.25) is 0 Å². The molecule has 0 N–H and O–H groups in total. The van der Waals surface area contributed by atoms with E-state index >= 15 is 0 Å². The van der Waals surface area contributed by atoms with E-state index in [1.807, 2.05) is 48.1 Å². The number of aromatic nitrogens is 2. The van der Waals surface area contributed by atoms with Crippen LogP contribution in [-0.4, -0.2) is 20.7 Å². The predicted octanol–water partition coefficient (Wildman–Crippen LogP) is 4.73. The van der Waals surface area contributed by atoms with E-state index < -0.39 is 0 Å².